The van der Waals surface area contributed by atoms with Gasteiger partial charge in [0, 0.05) is 12.2 Å². The highest BCUT2D eigenvalue weighted by molar-refractivity contribution is 6.32. The quantitative estimate of drug-likeness (QED) is 0.799. The fourth-order valence-corrected chi connectivity index (χ4v) is 2.84. The zero-order chi connectivity index (χ0) is 15.5. The Bertz CT molecular complexity index is 676. The van der Waals surface area contributed by atoms with Crippen LogP contribution in [-0.4, -0.2) is 35.5 Å². The van der Waals surface area contributed by atoms with Crippen LogP contribution >= 0.6 is 11.6 Å². The molecule has 1 aliphatic heterocycles. The number of aryl methyl sites for hydroxylation is 1. The molecule has 2 aromatic rings. The van der Waals surface area contributed by atoms with Crippen LogP contribution in [0.4, 0.5) is 0 Å². The summed E-state index contributed by atoms with van der Waals surface area (Å²) in [7, 11) is 0. The van der Waals surface area contributed by atoms with Crippen molar-refractivity contribution in [2.24, 2.45) is 0 Å². The molecule has 2 heterocycles. The third-order valence-electron chi connectivity index (χ3n) is 3.74. The number of benzene rings is 1. The van der Waals surface area contributed by atoms with Gasteiger partial charge >= 0.3 is 0 Å². The molecule has 1 atom stereocenters. The predicted molar refractivity (Wildman–Crippen MR) is 85.0 cm³/mol. The molecule has 0 radical (unpaired) electrons. The molecule has 4 nitrogen and oxygen atoms in total. The highest BCUT2D eigenvalue weighted by Gasteiger charge is 2.27. The van der Waals surface area contributed by atoms with Crippen molar-refractivity contribution >= 4 is 17.5 Å². The number of hydrogen-bond donors (Lipinski definition) is 0. The van der Waals surface area contributed by atoms with Crippen LogP contribution in [-0.2, 0) is 4.74 Å². The molecular weight excluding hydrogens is 300 g/mol. The van der Waals surface area contributed by atoms with Gasteiger partial charge < -0.3 is 9.64 Å². The molecule has 5 heteroatoms. The molecule has 0 aliphatic carbocycles. The van der Waals surface area contributed by atoms with Gasteiger partial charge in [-0.15, -0.1) is 0 Å². The first-order valence-electron chi connectivity index (χ1n) is 7.24. The van der Waals surface area contributed by atoms with Crippen molar-refractivity contribution < 1.29 is 9.53 Å². The monoisotopic (exact) mass is 316 g/mol. The van der Waals surface area contributed by atoms with Gasteiger partial charge in [0.25, 0.3) is 5.91 Å². The molecule has 1 amide bonds. The molecule has 1 aromatic carbocycles. The minimum absolute atomic E-state index is 0.0956. The molecule has 0 spiro atoms. The molecule has 22 heavy (non-hydrogen) atoms. The largest absolute Gasteiger partial charge is 0.370 e. The molecule has 1 aliphatic rings. The lowest BCUT2D eigenvalue weighted by atomic mass is 10.1. The number of ether oxygens (including phenoxy) is 1. The van der Waals surface area contributed by atoms with Gasteiger partial charge in [0.05, 0.1) is 18.7 Å². The van der Waals surface area contributed by atoms with Gasteiger partial charge in [-0.3, -0.25) is 4.79 Å². The second-order valence-electron chi connectivity index (χ2n) is 5.31. The Labute approximate surface area is 134 Å². The van der Waals surface area contributed by atoms with Crippen molar-refractivity contribution in [1.82, 2.24) is 9.88 Å². The number of aromatic nitrogens is 1. The van der Waals surface area contributed by atoms with Gasteiger partial charge in [0.1, 0.15) is 11.3 Å². The summed E-state index contributed by atoms with van der Waals surface area (Å²) in [5.41, 5.74) is 2.32. The Kier molecular flexibility index (Phi) is 4.41. The van der Waals surface area contributed by atoms with Gasteiger partial charge in [-0.1, -0.05) is 41.9 Å². The molecule has 0 N–H and O–H groups in total. The lowest BCUT2D eigenvalue weighted by molar-refractivity contribution is -0.0228. The van der Waals surface area contributed by atoms with Crippen molar-refractivity contribution in [1.29, 1.82) is 0 Å². The van der Waals surface area contributed by atoms with Gasteiger partial charge in [0.2, 0.25) is 0 Å². The third-order valence-corrected chi connectivity index (χ3v) is 4.03. The van der Waals surface area contributed by atoms with Gasteiger partial charge in [0.15, 0.2) is 0 Å². The molecule has 0 saturated carbocycles. The number of morpholine rings is 1. The molecule has 114 valence electrons. The number of carbonyl (C=O) groups excluding carboxylic acids is 1. The minimum atomic E-state index is -0.101. The molecule has 3 rings (SSSR count). The maximum absolute atomic E-state index is 12.7. The topological polar surface area (TPSA) is 42.4 Å². The van der Waals surface area contributed by atoms with Gasteiger partial charge in [-0.25, -0.2) is 4.98 Å². The molecule has 1 saturated heterocycles. The highest BCUT2D eigenvalue weighted by atomic mass is 35.5. The number of pyridine rings is 1. The number of rotatable bonds is 2. The lowest BCUT2D eigenvalue weighted by Crippen LogP contribution is -2.42. The van der Waals surface area contributed by atoms with E-state index in [4.69, 9.17) is 16.3 Å². The zero-order valence-electron chi connectivity index (χ0n) is 12.3. The summed E-state index contributed by atoms with van der Waals surface area (Å²) in [4.78, 5) is 18.6. The number of halogens is 1. The minimum Gasteiger partial charge on any atom is -0.370 e. The van der Waals surface area contributed by atoms with E-state index in [0.717, 1.165) is 11.3 Å². The molecule has 1 unspecified atom stereocenters. The summed E-state index contributed by atoms with van der Waals surface area (Å²) in [6.45, 7) is 3.45. The number of amides is 1. The number of nitrogens with zero attached hydrogens (tertiary/aromatic N) is 2. The van der Waals surface area contributed by atoms with Crippen LogP contribution in [0.5, 0.6) is 0 Å². The predicted octanol–water partition coefficient (Wildman–Crippen LogP) is 3.26. The van der Waals surface area contributed by atoms with Crippen molar-refractivity contribution in [3.8, 4) is 0 Å². The van der Waals surface area contributed by atoms with Crippen LogP contribution in [0.2, 0.25) is 5.15 Å². The summed E-state index contributed by atoms with van der Waals surface area (Å²) in [6.07, 6.45) is -0.101. The van der Waals surface area contributed by atoms with Crippen LogP contribution in [0.1, 0.15) is 27.7 Å². The Balaban J connectivity index is 1.78. The first-order chi connectivity index (χ1) is 10.6. The first-order valence-corrected chi connectivity index (χ1v) is 7.62. The fourth-order valence-electron chi connectivity index (χ4n) is 2.56. The van der Waals surface area contributed by atoms with Crippen molar-refractivity contribution in [3.63, 3.8) is 0 Å². The van der Waals surface area contributed by atoms with Crippen LogP contribution in [0.25, 0.3) is 0 Å². The van der Waals surface area contributed by atoms with E-state index in [0.29, 0.717) is 25.3 Å². The molecule has 1 fully saturated rings. The van der Waals surface area contributed by atoms with E-state index in [1.807, 2.05) is 37.3 Å². The van der Waals surface area contributed by atoms with E-state index < -0.39 is 0 Å². The average Bonchev–Trinajstić information content (AvgIpc) is 2.55. The van der Waals surface area contributed by atoms with Gasteiger partial charge in [-0.2, -0.15) is 0 Å². The Hall–Kier alpha value is -1.91. The Morgan fingerprint density at radius 3 is 2.77 bits per heavy atom. The van der Waals surface area contributed by atoms with Crippen molar-refractivity contribution in [2.75, 3.05) is 19.7 Å². The summed E-state index contributed by atoms with van der Waals surface area (Å²) >= 11 is 6.11. The maximum atomic E-state index is 12.7. The summed E-state index contributed by atoms with van der Waals surface area (Å²) < 4.78 is 5.79. The summed E-state index contributed by atoms with van der Waals surface area (Å²) in [5.74, 6) is -0.0956. The van der Waals surface area contributed by atoms with Crippen LogP contribution in [0.15, 0.2) is 42.5 Å². The van der Waals surface area contributed by atoms with Gasteiger partial charge in [-0.05, 0) is 24.6 Å². The lowest BCUT2D eigenvalue weighted by Gasteiger charge is -2.33. The second-order valence-corrected chi connectivity index (χ2v) is 5.67. The van der Waals surface area contributed by atoms with E-state index in [2.05, 4.69) is 4.98 Å². The third kappa shape index (κ3) is 3.13. The van der Waals surface area contributed by atoms with E-state index in [1.165, 1.54) is 0 Å². The first kappa shape index (κ1) is 15.0. The van der Waals surface area contributed by atoms with Crippen LogP contribution < -0.4 is 0 Å². The average molecular weight is 317 g/mol. The van der Waals surface area contributed by atoms with Crippen molar-refractivity contribution in [2.45, 2.75) is 13.0 Å². The van der Waals surface area contributed by atoms with Crippen LogP contribution in [0, 0.1) is 6.92 Å². The van der Waals surface area contributed by atoms with E-state index in [-0.39, 0.29) is 17.2 Å². The fraction of sp³-hybridized carbons (Fsp3) is 0.294. The van der Waals surface area contributed by atoms with Crippen LogP contribution in [0.3, 0.4) is 0 Å². The SMILES string of the molecule is Cc1ccc(C(=O)N2CCOC(c3ccccc3)C2)c(Cl)n1. The summed E-state index contributed by atoms with van der Waals surface area (Å²) in [6, 6.07) is 13.5. The highest BCUT2D eigenvalue weighted by Crippen LogP contribution is 2.24. The maximum Gasteiger partial charge on any atom is 0.257 e. The Morgan fingerprint density at radius 2 is 2.05 bits per heavy atom. The number of carbonyl (C=O) groups is 1. The smallest absolute Gasteiger partial charge is 0.257 e. The molecular formula is C17H17ClN2O2. The normalized spacial score (nSPS) is 18.3. The zero-order valence-corrected chi connectivity index (χ0v) is 13.1. The standard InChI is InChI=1S/C17H17ClN2O2/c1-12-7-8-14(16(18)19-12)17(21)20-9-10-22-15(11-20)13-5-3-2-4-6-13/h2-8,15H,9-11H2,1H3. The molecule has 0 bridgehead atoms. The van der Waals surface area contributed by atoms with E-state index in [9.17, 15) is 4.79 Å². The second kappa shape index (κ2) is 6.46. The Morgan fingerprint density at radius 1 is 1.27 bits per heavy atom. The van der Waals surface area contributed by atoms with E-state index in [1.54, 1.807) is 17.0 Å². The summed E-state index contributed by atoms with van der Waals surface area (Å²) in [5, 5.41) is 0.257. The number of hydrogen-bond acceptors (Lipinski definition) is 3. The molecule has 1 aromatic heterocycles. The van der Waals surface area contributed by atoms with Crippen molar-refractivity contribution in [3.05, 3.63) is 64.4 Å². The van der Waals surface area contributed by atoms with E-state index >= 15 is 0 Å².